The van der Waals surface area contributed by atoms with Crippen LogP contribution in [0.4, 0.5) is 11.4 Å². The van der Waals surface area contributed by atoms with Gasteiger partial charge in [-0.2, -0.15) is 0 Å². The van der Waals surface area contributed by atoms with Crippen molar-refractivity contribution < 1.29 is 10.0 Å². The van der Waals surface area contributed by atoms with Crippen molar-refractivity contribution in [1.29, 1.82) is 0 Å². The summed E-state index contributed by atoms with van der Waals surface area (Å²) in [5.74, 6) is 0.180. The Bertz CT molecular complexity index is 642. The van der Waals surface area contributed by atoms with Crippen LogP contribution in [0.3, 0.4) is 0 Å². The van der Waals surface area contributed by atoms with Gasteiger partial charge in [-0.1, -0.05) is 43.3 Å². The first-order chi connectivity index (χ1) is 9.91. The Hall–Kier alpha value is -1.75. The maximum absolute atomic E-state index is 12.2. The number of rotatable bonds is 2. The molecule has 21 heavy (non-hydrogen) atoms. The zero-order valence-corrected chi connectivity index (χ0v) is 12.6. The van der Waals surface area contributed by atoms with E-state index in [1.165, 1.54) is 0 Å². The number of allylic oxidation sites excluding steroid dienone is 2. The molecule has 1 aromatic rings. The largest absolute Gasteiger partial charge is 0.871 e. The van der Waals surface area contributed by atoms with Crippen LogP contribution in [-0.2, 0) is 0 Å². The number of fused-ring (bicyclic) bond motifs is 3. The zero-order valence-electron chi connectivity index (χ0n) is 11.8. The summed E-state index contributed by atoms with van der Waals surface area (Å²) < 4.78 is 0. The van der Waals surface area contributed by atoms with Gasteiger partial charge in [0.2, 0.25) is 0 Å². The number of hydrogen-bond donors (Lipinski definition) is 1. The summed E-state index contributed by atoms with van der Waals surface area (Å²) in [7, 11) is 0. The molecule has 0 saturated heterocycles. The number of hydrogen-bond acceptors (Lipinski definition) is 4. The van der Waals surface area contributed by atoms with Gasteiger partial charge in [-0.25, -0.2) is 0 Å². The molecular weight excluding hydrogens is 292 g/mol. The summed E-state index contributed by atoms with van der Waals surface area (Å²) in [6, 6.07) is 1.27. The lowest BCUT2D eigenvalue weighted by atomic mass is 9.75. The van der Waals surface area contributed by atoms with Crippen molar-refractivity contribution in [3.8, 4) is 5.75 Å². The molecule has 1 heterocycles. The van der Waals surface area contributed by atoms with Crippen molar-refractivity contribution >= 4 is 23.0 Å². The van der Waals surface area contributed by atoms with E-state index in [0.717, 1.165) is 12.5 Å². The van der Waals surface area contributed by atoms with E-state index >= 15 is 0 Å². The van der Waals surface area contributed by atoms with Crippen LogP contribution in [0.15, 0.2) is 18.2 Å². The topological polar surface area (TPSA) is 78.2 Å². The maximum Gasteiger partial charge on any atom is 0.293 e. The second-order valence-corrected chi connectivity index (χ2v) is 6.43. The first kappa shape index (κ1) is 14.2. The van der Waals surface area contributed by atoms with Crippen LogP contribution in [0.5, 0.6) is 5.75 Å². The molecule has 1 aromatic carbocycles. The average Bonchev–Trinajstić information content (AvgIpc) is 2.86. The van der Waals surface area contributed by atoms with Gasteiger partial charge in [-0.3, -0.25) is 10.1 Å². The Labute approximate surface area is 127 Å². The summed E-state index contributed by atoms with van der Waals surface area (Å²) in [5, 5.41) is 26.8. The lowest BCUT2D eigenvalue weighted by molar-refractivity contribution is -0.385. The third-order valence-electron chi connectivity index (χ3n) is 4.47. The fourth-order valence-electron chi connectivity index (χ4n) is 3.58. The molecule has 1 aliphatic carbocycles. The van der Waals surface area contributed by atoms with E-state index < -0.39 is 4.92 Å². The second kappa shape index (κ2) is 4.91. The minimum Gasteiger partial charge on any atom is -0.871 e. The van der Waals surface area contributed by atoms with Gasteiger partial charge in [-0.15, -0.1) is 0 Å². The molecule has 0 bridgehead atoms. The highest BCUT2D eigenvalue weighted by Gasteiger charge is 2.42. The summed E-state index contributed by atoms with van der Waals surface area (Å²) in [6.45, 7) is 4.18. The predicted octanol–water partition coefficient (Wildman–Crippen LogP) is 3.43. The molecule has 0 radical (unpaired) electrons. The highest BCUT2D eigenvalue weighted by Crippen LogP contribution is 2.53. The smallest absolute Gasteiger partial charge is 0.293 e. The number of benzene rings is 1. The van der Waals surface area contributed by atoms with Crippen molar-refractivity contribution in [1.82, 2.24) is 0 Å². The average molecular weight is 308 g/mol. The van der Waals surface area contributed by atoms with Crippen LogP contribution >= 0.6 is 11.6 Å². The Morgan fingerprint density at radius 2 is 2.19 bits per heavy atom. The Balaban J connectivity index is 2.24. The molecule has 5 nitrogen and oxygen atoms in total. The van der Waals surface area contributed by atoms with Gasteiger partial charge < -0.3 is 10.4 Å². The number of nitrogens with zero attached hydrogens (tertiary/aromatic N) is 1. The van der Waals surface area contributed by atoms with Crippen LogP contribution in [0.25, 0.3) is 0 Å². The molecule has 0 saturated carbocycles. The predicted molar refractivity (Wildman–Crippen MR) is 79.8 cm³/mol. The van der Waals surface area contributed by atoms with Crippen LogP contribution < -0.4 is 10.4 Å². The van der Waals surface area contributed by atoms with Gasteiger partial charge in [0.15, 0.2) is 0 Å². The summed E-state index contributed by atoms with van der Waals surface area (Å²) >= 11 is 5.96. The summed E-state index contributed by atoms with van der Waals surface area (Å²) in [6.07, 6.45) is 4.87. The van der Waals surface area contributed by atoms with E-state index in [1.807, 2.05) is 12.2 Å². The minimum atomic E-state index is -0.485. The number of nitro groups is 1. The highest BCUT2D eigenvalue weighted by atomic mass is 35.5. The molecular formula is C15H16ClN2O3-. The molecule has 3 rings (SSSR count). The monoisotopic (exact) mass is 307 g/mol. The van der Waals surface area contributed by atoms with E-state index in [2.05, 4.69) is 19.2 Å². The van der Waals surface area contributed by atoms with E-state index in [-0.39, 0.29) is 34.3 Å². The molecule has 0 spiro atoms. The number of halogens is 1. The third kappa shape index (κ3) is 2.07. The van der Waals surface area contributed by atoms with Gasteiger partial charge in [0.1, 0.15) is 5.02 Å². The van der Waals surface area contributed by atoms with Gasteiger partial charge in [0, 0.05) is 17.6 Å². The Kier molecular flexibility index (Phi) is 3.32. The third-order valence-corrected chi connectivity index (χ3v) is 4.76. The SMILES string of the molecule is CC(C)[C@H]1Nc2c([O-])cc(Cl)c([N+](=O)[O-])c2[C@@H]2C=CC[C@@H]12. The second-order valence-electron chi connectivity index (χ2n) is 6.02. The number of nitrogens with one attached hydrogen (secondary N) is 1. The van der Waals surface area contributed by atoms with Gasteiger partial charge in [0.05, 0.1) is 10.5 Å². The summed E-state index contributed by atoms with van der Waals surface area (Å²) in [4.78, 5) is 10.9. The lowest BCUT2D eigenvalue weighted by Gasteiger charge is -2.41. The van der Waals surface area contributed by atoms with E-state index in [1.54, 1.807) is 0 Å². The lowest BCUT2D eigenvalue weighted by Crippen LogP contribution is -2.40. The van der Waals surface area contributed by atoms with Gasteiger partial charge in [0.25, 0.3) is 5.69 Å². The van der Waals surface area contributed by atoms with Crippen molar-refractivity contribution in [3.05, 3.63) is 38.9 Å². The van der Waals surface area contributed by atoms with Crippen molar-refractivity contribution in [2.45, 2.75) is 32.2 Å². The highest BCUT2D eigenvalue weighted by molar-refractivity contribution is 6.33. The van der Waals surface area contributed by atoms with E-state index in [0.29, 0.717) is 17.2 Å². The van der Waals surface area contributed by atoms with E-state index in [9.17, 15) is 15.2 Å². The van der Waals surface area contributed by atoms with Gasteiger partial charge in [-0.05, 0) is 24.3 Å². The first-order valence-corrected chi connectivity index (χ1v) is 7.40. The van der Waals surface area contributed by atoms with Crippen LogP contribution in [0.2, 0.25) is 5.02 Å². The molecule has 3 atom stereocenters. The molecule has 6 heteroatoms. The molecule has 2 aliphatic rings. The molecule has 0 fully saturated rings. The van der Waals surface area contributed by atoms with Crippen molar-refractivity contribution in [2.24, 2.45) is 11.8 Å². The quantitative estimate of drug-likeness (QED) is 0.516. The molecule has 0 unspecified atom stereocenters. The zero-order chi connectivity index (χ0) is 15.3. The Morgan fingerprint density at radius 1 is 1.48 bits per heavy atom. The number of nitro benzene ring substituents is 1. The number of anilines is 1. The van der Waals surface area contributed by atoms with Crippen LogP contribution in [0, 0.1) is 22.0 Å². The van der Waals surface area contributed by atoms with Crippen LogP contribution in [-0.4, -0.2) is 11.0 Å². The fourth-order valence-corrected chi connectivity index (χ4v) is 3.85. The Morgan fingerprint density at radius 3 is 2.81 bits per heavy atom. The maximum atomic E-state index is 12.2. The van der Waals surface area contributed by atoms with Crippen molar-refractivity contribution in [2.75, 3.05) is 5.32 Å². The molecule has 0 amide bonds. The standard InChI is InChI=1S/C15H17ClN2O3/c1-7(2)13-9-5-3-4-8(9)12-14(17-13)11(19)6-10(16)15(12)18(20)21/h3-4,6-9,13,17,19H,5H2,1-2H3/p-1/t8-,9-,13-/m1/s1. The first-order valence-electron chi connectivity index (χ1n) is 7.02. The molecule has 0 aromatic heterocycles. The van der Waals surface area contributed by atoms with Crippen LogP contribution in [0.1, 0.15) is 31.7 Å². The normalized spacial score (nSPS) is 26.4. The molecule has 1 N–H and O–H groups in total. The fraction of sp³-hybridized carbons (Fsp3) is 0.467. The van der Waals surface area contributed by atoms with Crippen molar-refractivity contribution in [3.63, 3.8) is 0 Å². The summed E-state index contributed by atoms with van der Waals surface area (Å²) in [5.41, 5.74) is 0.660. The molecule has 112 valence electrons. The molecule has 1 aliphatic heterocycles. The van der Waals surface area contributed by atoms with E-state index in [4.69, 9.17) is 11.6 Å². The minimum absolute atomic E-state index is 0.0763. The van der Waals surface area contributed by atoms with Gasteiger partial charge >= 0.3 is 0 Å².